The van der Waals surface area contributed by atoms with E-state index in [-0.39, 0.29) is 0 Å². The minimum atomic E-state index is 0.501. The van der Waals surface area contributed by atoms with Gasteiger partial charge in [0, 0.05) is 18.2 Å². The van der Waals surface area contributed by atoms with Crippen LogP contribution < -0.4 is 5.32 Å². The average Bonchev–Trinajstić information content (AvgIpc) is 3.02. The third kappa shape index (κ3) is 3.09. The molecular formula is C16H20ClN5. The van der Waals surface area contributed by atoms with Gasteiger partial charge in [-0.3, -0.25) is 4.68 Å². The van der Waals surface area contributed by atoms with Gasteiger partial charge in [0.15, 0.2) is 0 Å². The Bertz CT molecular complexity index is 658. The number of hydrogen-bond donors (Lipinski definition) is 1. The van der Waals surface area contributed by atoms with Crippen LogP contribution in [0.1, 0.15) is 62.0 Å². The predicted octanol–water partition coefficient (Wildman–Crippen LogP) is 3.93. The Morgan fingerprint density at radius 3 is 2.77 bits per heavy atom. The molecule has 4 rings (SSSR count). The van der Waals surface area contributed by atoms with Crippen LogP contribution in [0, 0.1) is 0 Å². The molecule has 1 N–H and O–H groups in total. The van der Waals surface area contributed by atoms with Crippen molar-refractivity contribution in [3.05, 3.63) is 35.0 Å². The van der Waals surface area contributed by atoms with Crippen molar-refractivity contribution in [2.45, 2.75) is 57.0 Å². The number of anilines is 1. The van der Waals surface area contributed by atoms with Crippen molar-refractivity contribution < 1.29 is 0 Å². The lowest BCUT2D eigenvalue weighted by atomic mass is 10.3. The summed E-state index contributed by atoms with van der Waals surface area (Å²) < 4.78 is 2.12. The van der Waals surface area contributed by atoms with E-state index in [9.17, 15) is 0 Å². The van der Waals surface area contributed by atoms with Crippen LogP contribution in [0.2, 0.25) is 5.15 Å². The number of aromatic nitrogens is 4. The summed E-state index contributed by atoms with van der Waals surface area (Å²) >= 11 is 6.08. The predicted molar refractivity (Wildman–Crippen MR) is 86.1 cm³/mol. The van der Waals surface area contributed by atoms with Crippen LogP contribution in [-0.4, -0.2) is 19.7 Å². The highest BCUT2D eigenvalue weighted by Gasteiger charge is 2.27. The molecule has 2 aliphatic carbocycles. The standard InChI is InChI=1S/C16H20ClN5/c17-14-9-15(20-16(19-14)11-5-6-11)18-10-12-7-8-22(21-12)13-3-1-2-4-13/h7-9,11,13H,1-6,10H2,(H,18,19,20). The summed E-state index contributed by atoms with van der Waals surface area (Å²) in [6.07, 6.45) is 9.58. The van der Waals surface area contributed by atoms with Crippen LogP contribution in [0.25, 0.3) is 0 Å². The van der Waals surface area contributed by atoms with Gasteiger partial charge in [0.2, 0.25) is 0 Å². The average molecular weight is 318 g/mol. The quantitative estimate of drug-likeness (QED) is 0.849. The van der Waals surface area contributed by atoms with Crippen LogP contribution in [0.5, 0.6) is 0 Å². The van der Waals surface area contributed by atoms with Crippen LogP contribution in [0.15, 0.2) is 18.3 Å². The van der Waals surface area contributed by atoms with Gasteiger partial charge in [0.25, 0.3) is 0 Å². The van der Waals surface area contributed by atoms with Crippen molar-refractivity contribution in [2.24, 2.45) is 0 Å². The minimum Gasteiger partial charge on any atom is -0.364 e. The van der Waals surface area contributed by atoms with Crippen molar-refractivity contribution >= 4 is 17.4 Å². The normalized spacial score (nSPS) is 18.8. The Morgan fingerprint density at radius 1 is 1.18 bits per heavy atom. The summed E-state index contributed by atoms with van der Waals surface area (Å²) in [5.74, 6) is 2.16. The zero-order valence-corrected chi connectivity index (χ0v) is 13.3. The Hall–Kier alpha value is -1.62. The fourth-order valence-electron chi connectivity index (χ4n) is 3.07. The lowest BCUT2D eigenvalue weighted by Gasteiger charge is -2.09. The lowest BCUT2D eigenvalue weighted by molar-refractivity contribution is 0.463. The molecule has 2 aliphatic rings. The Morgan fingerprint density at radius 2 is 2.00 bits per heavy atom. The first-order valence-corrected chi connectivity index (χ1v) is 8.48. The number of rotatable bonds is 5. The second-order valence-electron chi connectivity index (χ2n) is 6.29. The van der Waals surface area contributed by atoms with Crippen molar-refractivity contribution in [3.8, 4) is 0 Å². The number of halogens is 1. The first kappa shape index (κ1) is 14.0. The molecule has 6 heteroatoms. The number of nitrogens with zero attached hydrogens (tertiary/aromatic N) is 4. The van der Waals surface area contributed by atoms with Gasteiger partial charge in [-0.25, -0.2) is 9.97 Å². The van der Waals surface area contributed by atoms with E-state index in [1.807, 2.05) is 0 Å². The third-order valence-electron chi connectivity index (χ3n) is 4.47. The summed E-state index contributed by atoms with van der Waals surface area (Å²) in [4.78, 5) is 8.86. The molecule has 0 saturated heterocycles. The molecule has 0 unspecified atom stereocenters. The fourth-order valence-corrected chi connectivity index (χ4v) is 3.26. The van der Waals surface area contributed by atoms with Crippen LogP contribution >= 0.6 is 11.6 Å². The SMILES string of the molecule is Clc1cc(NCc2ccn(C3CCCC3)n2)nc(C2CC2)n1. The van der Waals surface area contributed by atoms with E-state index in [1.165, 1.54) is 38.5 Å². The van der Waals surface area contributed by atoms with Gasteiger partial charge in [0.05, 0.1) is 18.3 Å². The molecule has 2 heterocycles. The molecule has 0 radical (unpaired) electrons. The van der Waals surface area contributed by atoms with Gasteiger partial charge in [-0.15, -0.1) is 0 Å². The van der Waals surface area contributed by atoms with Crippen molar-refractivity contribution in [1.29, 1.82) is 0 Å². The maximum Gasteiger partial charge on any atom is 0.135 e. The molecule has 2 aromatic rings. The maximum absolute atomic E-state index is 6.08. The summed E-state index contributed by atoms with van der Waals surface area (Å²) in [5.41, 5.74) is 1.04. The van der Waals surface area contributed by atoms with Gasteiger partial charge in [-0.05, 0) is 31.7 Å². The molecule has 116 valence electrons. The van der Waals surface area contributed by atoms with Crippen molar-refractivity contribution in [2.75, 3.05) is 5.32 Å². The summed E-state index contributed by atoms with van der Waals surface area (Å²) in [5, 5.41) is 8.50. The molecule has 0 atom stereocenters. The Kier molecular flexibility index (Phi) is 3.74. The van der Waals surface area contributed by atoms with Gasteiger partial charge in [-0.2, -0.15) is 5.10 Å². The second kappa shape index (κ2) is 5.88. The van der Waals surface area contributed by atoms with E-state index in [0.717, 1.165) is 17.3 Å². The zero-order chi connectivity index (χ0) is 14.9. The monoisotopic (exact) mass is 317 g/mol. The molecule has 0 bridgehead atoms. The molecule has 22 heavy (non-hydrogen) atoms. The summed E-state index contributed by atoms with van der Waals surface area (Å²) in [6, 6.07) is 4.45. The molecule has 5 nitrogen and oxygen atoms in total. The number of nitrogens with one attached hydrogen (secondary N) is 1. The molecule has 2 fully saturated rings. The van der Waals surface area contributed by atoms with Gasteiger partial charge < -0.3 is 5.32 Å². The van der Waals surface area contributed by atoms with E-state index in [1.54, 1.807) is 6.07 Å². The van der Waals surface area contributed by atoms with Crippen molar-refractivity contribution in [3.63, 3.8) is 0 Å². The van der Waals surface area contributed by atoms with E-state index < -0.39 is 0 Å². The maximum atomic E-state index is 6.08. The lowest BCUT2D eigenvalue weighted by Crippen LogP contribution is -2.08. The van der Waals surface area contributed by atoms with Crippen molar-refractivity contribution in [1.82, 2.24) is 19.7 Å². The minimum absolute atomic E-state index is 0.501. The largest absolute Gasteiger partial charge is 0.364 e. The van der Waals surface area contributed by atoms with E-state index in [2.05, 4.69) is 37.3 Å². The molecule has 0 amide bonds. The summed E-state index contributed by atoms with van der Waals surface area (Å²) in [7, 11) is 0. The highest BCUT2D eigenvalue weighted by Crippen LogP contribution is 2.38. The molecular weight excluding hydrogens is 298 g/mol. The third-order valence-corrected chi connectivity index (χ3v) is 4.66. The zero-order valence-electron chi connectivity index (χ0n) is 12.5. The molecule has 2 saturated carbocycles. The van der Waals surface area contributed by atoms with E-state index in [0.29, 0.717) is 23.7 Å². The van der Waals surface area contributed by atoms with Crippen LogP contribution in [0.3, 0.4) is 0 Å². The molecule has 0 spiro atoms. The fraction of sp³-hybridized carbons (Fsp3) is 0.562. The van der Waals surface area contributed by atoms with Crippen LogP contribution in [0.4, 0.5) is 5.82 Å². The Labute approximate surface area is 135 Å². The van der Waals surface area contributed by atoms with Gasteiger partial charge >= 0.3 is 0 Å². The first-order valence-electron chi connectivity index (χ1n) is 8.10. The molecule has 0 aliphatic heterocycles. The molecule has 0 aromatic carbocycles. The van der Waals surface area contributed by atoms with Gasteiger partial charge in [0.1, 0.15) is 16.8 Å². The molecule has 2 aromatic heterocycles. The number of hydrogen-bond acceptors (Lipinski definition) is 4. The Balaban J connectivity index is 1.41. The smallest absolute Gasteiger partial charge is 0.135 e. The topological polar surface area (TPSA) is 55.6 Å². The first-order chi connectivity index (χ1) is 10.8. The van der Waals surface area contributed by atoms with Crippen LogP contribution in [-0.2, 0) is 6.54 Å². The summed E-state index contributed by atoms with van der Waals surface area (Å²) in [6.45, 7) is 0.664. The highest BCUT2D eigenvalue weighted by molar-refractivity contribution is 6.29. The highest BCUT2D eigenvalue weighted by atomic mass is 35.5. The van der Waals surface area contributed by atoms with Gasteiger partial charge in [-0.1, -0.05) is 24.4 Å². The second-order valence-corrected chi connectivity index (χ2v) is 6.67. The van der Waals surface area contributed by atoms with E-state index >= 15 is 0 Å². The van der Waals surface area contributed by atoms with E-state index in [4.69, 9.17) is 11.6 Å².